The van der Waals surface area contributed by atoms with Gasteiger partial charge in [-0.2, -0.15) is 0 Å². The summed E-state index contributed by atoms with van der Waals surface area (Å²) in [5.74, 6) is 0. The van der Waals surface area contributed by atoms with E-state index in [2.05, 4.69) is 12.1 Å². The Morgan fingerprint density at radius 3 is 2.33 bits per heavy atom. The quantitative estimate of drug-likeness (QED) is 0.698. The molecule has 0 atom stereocenters. The molecular weight excluding hydrogens is 288 g/mol. The number of hydrogen-bond acceptors (Lipinski definition) is 3. The highest BCUT2D eigenvalue weighted by Crippen LogP contribution is 2.33. The largest absolute Gasteiger partial charge is 0.324 e. The molecule has 0 saturated carbocycles. The van der Waals surface area contributed by atoms with E-state index in [9.17, 15) is 10.1 Å². The number of rotatable bonds is 3. The first-order valence-corrected chi connectivity index (χ1v) is 7.13. The highest BCUT2D eigenvalue weighted by molar-refractivity contribution is 6.31. The van der Waals surface area contributed by atoms with Crippen molar-refractivity contribution in [2.75, 3.05) is 0 Å². The number of benzene rings is 2. The second-order valence-corrected chi connectivity index (χ2v) is 6.10. The van der Waals surface area contributed by atoms with E-state index in [0.717, 1.165) is 18.4 Å². The van der Waals surface area contributed by atoms with Crippen molar-refractivity contribution in [3.63, 3.8) is 0 Å². The fourth-order valence-electron chi connectivity index (χ4n) is 3.02. The number of nitrogens with zero attached hydrogens (tertiary/aromatic N) is 1. The van der Waals surface area contributed by atoms with Crippen molar-refractivity contribution in [2.45, 2.75) is 24.8 Å². The lowest BCUT2D eigenvalue weighted by atomic mass is 9.89. The zero-order valence-corrected chi connectivity index (χ0v) is 12.1. The maximum atomic E-state index is 10.7. The molecule has 0 aliphatic heterocycles. The molecule has 2 aromatic rings. The van der Waals surface area contributed by atoms with Gasteiger partial charge in [-0.25, -0.2) is 0 Å². The van der Waals surface area contributed by atoms with E-state index >= 15 is 0 Å². The normalized spacial score (nSPS) is 15.7. The van der Waals surface area contributed by atoms with Gasteiger partial charge in [0.1, 0.15) is 0 Å². The zero-order chi connectivity index (χ0) is 15.0. The van der Waals surface area contributed by atoms with Crippen LogP contribution in [0.5, 0.6) is 0 Å². The minimum atomic E-state index is -0.445. The summed E-state index contributed by atoms with van der Waals surface area (Å²) in [4.78, 5) is 10.3. The van der Waals surface area contributed by atoms with Crippen LogP contribution in [0.15, 0.2) is 42.5 Å². The first-order valence-electron chi connectivity index (χ1n) is 6.75. The smallest absolute Gasteiger partial charge is 0.270 e. The Morgan fingerprint density at radius 1 is 1.19 bits per heavy atom. The van der Waals surface area contributed by atoms with Crippen molar-refractivity contribution < 1.29 is 4.92 Å². The number of nitro benzene ring substituents is 1. The topological polar surface area (TPSA) is 69.2 Å². The Bertz CT molecular complexity index is 690. The number of halogens is 1. The minimum absolute atomic E-state index is 0.00419. The third-order valence-electron chi connectivity index (χ3n) is 3.99. The molecular formula is C16H15ClN2O2. The van der Waals surface area contributed by atoms with Crippen molar-refractivity contribution in [1.82, 2.24) is 0 Å². The molecule has 2 N–H and O–H groups in total. The van der Waals surface area contributed by atoms with Gasteiger partial charge in [0.2, 0.25) is 0 Å². The predicted molar refractivity (Wildman–Crippen MR) is 82.6 cm³/mol. The van der Waals surface area contributed by atoms with Crippen LogP contribution in [0.2, 0.25) is 5.02 Å². The van der Waals surface area contributed by atoms with Crippen LogP contribution in [-0.2, 0) is 19.3 Å². The maximum absolute atomic E-state index is 10.7. The number of hydrogen-bond donors (Lipinski definition) is 1. The molecule has 3 rings (SSSR count). The molecule has 0 heterocycles. The number of non-ortho nitro benzene ring substituents is 1. The van der Waals surface area contributed by atoms with Crippen LogP contribution in [0.25, 0.3) is 0 Å². The second-order valence-electron chi connectivity index (χ2n) is 5.69. The second kappa shape index (κ2) is 5.13. The molecule has 0 radical (unpaired) electrons. The number of nitrogens with two attached hydrogens (primary N) is 1. The van der Waals surface area contributed by atoms with Crippen LogP contribution in [0.4, 0.5) is 5.69 Å². The average molecular weight is 303 g/mol. The summed E-state index contributed by atoms with van der Waals surface area (Å²) in [5.41, 5.74) is 9.56. The molecule has 0 spiro atoms. The highest BCUT2D eigenvalue weighted by atomic mass is 35.5. The molecule has 5 heteroatoms. The van der Waals surface area contributed by atoms with Gasteiger partial charge in [-0.3, -0.25) is 10.1 Å². The highest BCUT2D eigenvalue weighted by Gasteiger charge is 2.34. The molecule has 0 amide bonds. The van der Waals surface area contributed by atoms with E-state index in [1.165, 1.54) is 23.3 Å². The SMILES string of the molecule is NC1(Cc2ccc([N+](=O)[O-])cc2Cl)Cc2ccccc2C1. The van der Waals surface area contributed by atoms with Gasteiger partial charge in [0.05, 0.1) is 9.95 Å². The number of fused-ring (bicyclic) bond motifs is 1. The first kappa shape index (κ1) is 14.0. The lowest BCUT2D eigenvalue weighted by molar-refractivity contribution is -0.384. The zero-order valence-electron chi connectivity index (χ0n) is 11.4. The van der Waals surface area contributed by atoms with E-state index in [4.69, 9.17) is 17.3 Å². The summed E-state index contributed by atoms with van der Waals surface area (Å²) in [6, 6.07) is 12.8. The van der Waals surface area contributed by atoms with Crippen LogP contribution in [0.3, 0.4) is 0 Å². The number of nitro groups is 1. The summed E-state index contributed by atoms with van der Waals surface area (Å²) >= 11 is 6.17. The molecule has 0 unspecified atom stereocenters. The summed E-state index contributed by atoms with van der Waals surface area (Å²) in [6.45, 7) is 0. The molecule has 1 aliphatic rings. The fraction of sp³-hybridized carbons (Fsp3) is 0.250. The minimum Gasteiger partial charge on any atom is -0.324 e. The third-order valence-corrected chi connectivity index (χ3v) is 4.35. The Balaban J connectivity index is 1.83. The molecule has 0 saturated heterocycles. The molecule has 0 aromatic heterocycles. The maximum Gasteiger partial charge on any atom is 0.270 e. The van der Waals surface area contributed by atoms with Gasteiger partial charge >= 0.3 is 0 Å². The van der Waals surface area contributed by atoms with Crippen molar-refractivity contribution in [2.24, 2.45) is 5.73 Å². The molecule has 108 valence electrons. The summed E-state index contributed by atoms with van der Waals surface area (Å²) in [7, 11) is 0. The van der Waals surface area contributed by atoms with Gasteiger partial charge in [-0.15, -0.1) is 0 Å². The van der Waals surface area contributed by atoms with Crippen LogP contribution < -0.4 is 5.73 Å². The van der Waals surface area contributed by atoms with Gasteiger partial charge in [-0.1, -0.05) is 41.9 Å². The van der Waals surface area contributed by atoms with E-state index in [-0.39, 0.29) is 11.2 Å². The van der Waals surface area contributed by atoms with Crippen LogP contribution in [-0.4, -0.2) is 10.5 Å². The lowest BCUT2D eigenvalue weighted by Gasteiger charge is -2.24. The Kier molecular flexibility index (Phi) is 3.43. The summed E-state index contributed by atoms with van der Waals surface area (Å²) in [5, 5.41) is 11.2. The molecule has 0 fully saturated rings. The lowest BCUT2D eigenvalue weighted by Crippen LogP contribution is -2.43. The van der Waals surface area contributed by atoms with E-state index in [1.54, 1.807) is 6.07 Å². The predicted octanol–water partition coefficient (Wildman–Crippen LogP) is 3.29. The van der Waals surface area contributed by atoms with E-state index in [1.807, 2.05) is 12.1 Å². The Morgan fingerprint density at radius 2 is 1.81 bits per heavy atom. The molecule has 1 aliphatic carbocycles. The molecule has 2 aromatic carbocycles. The molecule has 0 bridgehead atoms. The van der Waals surface area contributed by atoms with E-state index < -0.39 is 4.92 Å². The van der Waals surface area contributed by atoms with Crippen LogP contribution in [0.1, 0.15) is 16.7 Å². The monoisotopic (exact) mass is 302 g/mol. The van der Waals surface area contributed by atoms with Crippen molar-refractivity contribution in [3.8, 4) is 0 Å². The summed E-state index contributed by atoms with van der Waals surface area (Å²) in [6.07, 6.45) is 2.21. The van der Waals surface area contributed by atoms with Gasteiger partial charge in [-0.05, 0) is 36.0 Å². The van der Waals surface area contributed by atoms with E-state index in [0.29, 0.717) is 11.4 Å². The van der Waals surface area contributed by atoms with Gasteiger partial charge in [0.25, 0.3) is 5.69 Å². The third kappa shape index (κ3) is 2.77. The van der Waals surface area contributed by atoms with Gasteiger partial charge in [0.15, 0.2) is 0 Å². The Hall–Kier alpha value is -1.91. The molecule has 4 nitrogen and oxygen atoms in total. The van der Waals surface area contributed by atoms with Crippen LogP contribution in [0, 0.1) is 10.1 Å². The van der Waals surface area contributed by atoms with Crippen molar-refractivity contribution >= 4 is 17.3 Å². The van der Waals surface area contributed by atoms with Crippen molar-refractivity contribution in [3.05, 3.63) is 74.3 Å². The van der Waals surface area contributed by atoms with Crippen LogP contribution >= 0.6 is 11.6 Å². The summed E-state index contributed by atoms with van der Waals surface area (Å²) < 4.78 is 0. The molecule has 21 heavy (non-hydrogen) atoms. The fourth-order valence-corrected chi connectivity index (χ4v) is 3.26. The van der Waals surface area contributed by atoms with Gasteiger partial charge < -0.3 is 5.73 Å². The van der Waals surface area contributed by atoms with Crippen molar-refractivity contribution in [1.29, 1.82) is 0 Å². The van der Waals surface area contributed by atoms with Gasteiger partial charge in [0, 0.05) is 17.7 Å². The first-order chi connectivity index (χ1) is 9.97. The standard InChI is InChI=1S/C16H15ClN2O2/c17-15-7-14(19(20)21)6-5-13(15)10-16(18)8-11-3-1-2-4-12(11)9-16/h1-7H,8-10,18H2. The Labute approximate surface area is 127 Å². The average Bonchev–Trinajstić information content (AvgIpc) is 2.76.